The molecule has 0 saturated carbocycles. The van der Waals surface area contributed by atoms with E-state index in [9.17, 15) is 0 Å². The fraction of sp³-hybridized carbons (Fsp3) is 0.143. The van der Waals surface area contributed by atoms with Crippen LogP contribution in [0.2, 0.25) is 0 Å². The highest BCUT2D eigenvalue weighted by Crippen LogP contribution is 2.23. The lowest BCUT2D eigenvalue weighted by atomic mass is 10.2. The van der Waals surface area contributed by atoms with Crippen molar-refractivity contribution in [2.75, 3.05) is 11.9 Å². The number of pyridine rings is 1. The van der Waals surface area contributed by atoms with Crippen LogP contribution in [-0.2, 0) is 6.54 Å². The first-order chi connectivity index (χ1) is 8.70. The van der Waals surface area contributed by atoms with E-state index in [1.807, 2.05) is 37.4 Å². The molecule has 0 aliphatic heterocycles. The van der Waals surface area contributed by atoms with Gasteiger partial charge in [0.2, 0.25) is 0 Å². The van der Waals surface area contributed by atoms with Crippen molar-refractivity contribution >= 4 is 21.6 Å². The minimum atomic E-state index is 0.649. The van der Waals surface area contributed by atoms with Crippen molar-refractivity contribution in [1.29, 1.82) is 5.26 Å². The number of hydrogen-bond acceptors (Lipinski definition) is 3. The Morgan fingerprint density at radius 2 is 2.00 bits per heavy atom. The van der Waals surface area contributed by atoms with Crippen LogP contribution in [0.25, 0.3) is 0 Å². The number of nitrogens with zero attached hydrogens (tertiary/aromatic N) is 3. The zero-order chi connectivity index (χ0) is 13.0. The Balaban J connectivity index is 2.17. The van der Waals surface area contributed by atoms with Crippen LogP contribution in [0, 0.1) is 11.3 Å². The van der Waals surface area contributed by atoms with E-state index in [-0.39, 0.29) is 0 Å². The fourth-order valence-corrected chi connectivity index (χ4v) is 2.14. The van der Waals surface area contributed by atoms with Gasteiger partial charge < -0.3 is 4.90 Å². The highest BCUT2D eigenvalue weighted by atomic mass is 79.9. The van der Waals surface area contributed by atoms with Crippen molar-refractivity contribution < 1.29 is 0 Å². The van der Waals surface area contributed by atoms with Gasteiger partial charge in [-0.2, -0.15) is 5.26 Å². The lowest BCUT2D eigenvalue weighted by Crippen LogP contribution is -2.16. The van der Waals surface area contributed by atoms with Gasteiger partial charge in [-0.25, -0.2) is 0 Å². The fourth-order valence-electron chi connectivity index (χ4n) is 1.69. The summed E-state index contributed by atoms with van der Waals surface area (Å²) in [6.07, 6.45) is 3.58. The van der Waals surface area contributed by atoms with E-state index >= 15 is 0 Å². The topological polar surface area (TPSA) is 39.9 Å². The molecule has 2 rings (SSSR count). The van der Waals surface area contributed by atoms with Gasteiger partial charge in [-0.05, 0) is 51.8 Å². The normalized spacial score (nSPS) is 9.83. The Kier molecular flexibility index (Phi) is 3.96. The first-order valence-corrected chi connectivity index (χ1v) is 6.29. The third-order valence-electron chi connectivity index (χ3n) is 2.68. The van der Waals surface area contributed by atoms with E-state index in [4.69, 9.17) is 5.26 Å². The van der Waals surface area contributed by atoms with Gasteiger partial charge in [0.25, 0.3) is 0 Å². The summed E-state index contributed by atoms with van der Waals surface area (Å²) in [5, 5.41) is 8.88. The molecule has 0 fully saturated rings. The van der Waals surface area contributed by atoms with Crippen molar-refractivity contribution in [3.63, 3.8) is 0 Å². The number of aromatic nitrogens is 1. The average Bonchev–Trinajstić information content (AvgIpc) is 2.39. The second-order valence-electron chi connectivity index (χ2n) is 3.99. The van der Waals surface area contributed by atoms with Gasteiger partial charge in [0.15, 0.2) is 0 Å². The van der Waals surface area contributed by atoms with Crippen molar-refractivity contribution in [3.05, 3.63) is 58.3 Å². The van der Waals surface area contributed by atoms with Gasteiger partial charge in [-0.3, -0.25) is 4.98 Å². The molecular weight excluding hydrogens is 290 g/mol. The largest absolute Gasteiger partial charge is 0.370 e. The number of halogens is 1. The molecule has 2 aromatic rings. The number of nitriles is 1. The van der Waals surface area contributed by atoms with E-state index in [1.165, 1.54) is 5.56 Å². The molecule has 0 unspecified atom stereocenters. The summed E-state index contributed by atoms with van der Waals surface area (Å²) in [7, 11) is 2.02. The molecular formula is C14H12BrN3. The van der Waals surface area contributed by atoms with Gasteiger partial charge in [-0.15, -0.1) is 0 Å². The Labute approximate surface area is 115 Å². The van der Waals surface area contributed by atoms with Crippen LogP contribution in [-0.4, -0.2) is 12.0 Å². The zero-order valence-electron chi connectivity index (χ0n) is 9.97. The molecule has 0 atom stereocenters. The molecule has 1 aromatic carbocycles. The predicted octanol–water partition coefficient (Wildman–Crippen LogP) is 3.35. The van der Waals surface area contributed by atoms with Gasteiger partial charge in [0.05, 0.1) is 5.56 Å². The monoisotopic (exact) mass is 301 g/mol. The number of benzene rings is 1. The molecule has 0 N–H and O–H groups in total. The minimum absolute atomic E-state index is 0.649. The molecule has 4 heteroatoms. The summed E-state index contributed by atoms with van der Waals surface area (Å²) in [5.74, 6) is 0. The molecule has 1 heterocycles. The number of rotatable bonds is 3. The predicted molar refractivity (Wildman–Crippen MR) is 75.2 cm³/mol. The summed E-state index contributed by atoms with van der Waals surface area (Å²) < 4.78 is 0.823. The lowest BCUT2D eigenvalue weighted by molar-refractivity contribution is 0.919. The van der Waals surface area contributed by atoms with Crippen LogP contribution in [0.5, 0.6) is 0 Å². The van der Waals surface area contributed by atoms with E-state index < -0.39 is 0 Å². The standard InChI is InChI=1S/C14H12BrN3/c1-18(10-11-4-6-17-7-5-11)13-3-2-12(9-16)14(15)8-13/h2-8H,10H2,1H3. The van der Waals surface area contributed by atoms with E-state index in [1.54, 1.807) is 12.4 Å². The third-order valence-corrected chi connectivity index (χ3v) is 3.34. The van der Waals surface area contributed by atoms with Crippen molar-refractivity contribution in [1.82, 2.24) is 4.98 Å². The summed E-state index contributed by atoms with van der Waals surface area (Å²) in [5.41, 5.74) is 2.92. The molecule has 0 spiro atoms. The quantitative estimate of drug-likeness (QED) is 0.873. The van der Waals surface area contributed by atoms with Crippen LogP contribution in [0.15, 0.2) is 47.2 Å². The molecule has 0 aliphatic rings. The van der Waals surface area contributed by atoms with Crippen LogP contribution < -0.4 is 4.90 Å². The van der Waals surface area contributed by atoms with Gasteiger partial charge >= 0.3 is 0 Å². The summed E-state index contributed by atoms with van der Waals surface area (Å²) in [6, 6.07) is 11.9. The number of anilines is 1. The summed E-state index contributed by atoms with van der Waals surface area (Å²) >= 11 is 3.40. The Morgan fingerprint density at radius 3 is 2.61 bits per heavy atom. The second kappa shape index (κ2) is 5.65. The highest BCUT2D eigenvalue weighted by molar-refractivity contribution is 9.10. The molecule has 90 valence electrons. The minimum Gasteiger partial charge on any atom is -0.370 e. The molecule has 18 heavy (non-hydrogen) atoms. The molecule has 0 amide bonds. The molecule has 1 aromatic heterocycles. The smallest absolute Gasteiger partial charge is 0.100 e. The average molecular weight is 302 g/mol. The van der Waals surface area contributed by atoms with E-state index in [2.05, 4.69) is 31.9 Å². The van der Waals surface area contributed by atoms with Crippen LogP contribution in [0.4, 0.5) is 5.69 Å². The molecule has 0 bridgehead atoms. The van der Waals surface area contributed by atoms with Gasteiger partial charge in [0, 0.05) is 36.1 Å². The number of hydrogen-bond donors (Lipinski definition) is 0. The van der Waals surface area contributed by atoms with E-state index in [0.717, 1.165) is 16.7 Å². The lowest BCUT2D eigenvalue weighted by Gasteiger charge is -2.19. The van der Waals surface area contributed by atoms with Gasteiger partial charge in [-0.1, -0.05) is 0 Å². The highest BCUT2D eigenvalue weighted by Gasteiger charge is 2.05. The maximum atomic E-state index is 8.88. The molecule has 3 nitrogen and oxygen atoms in total. The SMILES string of the molecule is CN(Cc1ccncc1)c1ccc(C#N)c(Br)c1. The van der Waals surface area contributed by atoms with Crippen molar-refractivity contribution in [3.8, 4) is 6.07 Å². The van der Waals surface area contributed by atoms with Crippen LogP contribution in [0.3, 0.4) is 0 Å². The molecule has 0 saturated heterocycles. The van der Waals surface area contributed by atoms with Gasteiger partial charge in [0.1, 0.15) is 6.07 Å². The van der Waals surface area contributed by atoms with Crippen molar-refractivity contribution in [2.24, 2.45) is 0 Å². The molecule has 0 aliphatic carbocycles. The molecule has 0 radical (unpaired) electrons. The Hall–Kier alpha value is -1.86. The Bertz CT molecular complexity index is 575. The summed E-state index contributed by atoms with van der Waals surface area (Å²) in [6.45, 7) is 0.806. The van der Waals surface area contributed by atoms with E-state index in [0.29, 0.717) is 5.56 Å². The summed E-state index contributed by atoms with van der Waals surface area (Å²) in [4.78, 5) is 6.13. The first kappa shape index (κ1) is 12.6. The van der Waals surface area contributed by atoms with Crippen LogP contribution >= 0.6 is 15.9 Å². The van der Waals surface area contributed by atoms with Crippen LogP contribution in [0.1, 0.15) is 11.1 Å². The maximum absolute atomic E-state index is 8.88. The Morgan fingerprint density at radius 1 is 1.28 bits per heavy atom. The second-order valence-corrected chi connectivity index (χ2v) is 4.84. The maximum Gasteiger partial charge on any atom is 0.100 e. The first-order valence-electron chi connectivity index (χ1n) is 5.50. The third kappa shape index (κ3) is 2.88. The zero-order valence-corrected chi connectivity index (χ0v) is 11.6. The van der Waals surface area contributed by atoms with Crippen molar-refractivity contribution in [2.45, 2.75) is 6.54 Å².